The summed E-state index contributed by atoms with van der Waals surface area (Å²) in [4.78, 5) is 0. The molecule has 2 nitrogen and oxygen atoms in total. The van der Waals surface area contributed by atoms with Crippen LogP contribution in [0.15, 0.2) is 18.2 Å². The first-order valence-electron chi connectivity index (χ1n) is 7.35. The molecule has 1 saturated carbocycles. The van der Waals surface area contributed by atoms with Crippen molar-refractivity contribution < 1.29 is 9.13 Å². The van der Waals surface area contributed by atoms with E-state index >= 15 is 0 Å². The van der Waals surface area contributed by atoms with E-state index in [1.165, 1.54) is 18.9 Å². The van der Waals surface area contributed by atoms with Gasteiger partial charge in [-0.05, 0) is 37.8 Å². The van der Waals surface area contributed by atoms with Crippen molar-refractivity contribution in [3.8, 4) is 5.75 Å². The Bertz CT molecular complexity index is 408. The third kappa shape index (κ3) is 3.93. The van der Waals surface area contributed by atoms with E-state index in [0.717, 1.165) is 24.9 Å². The molecule has 3 heteroatoms. The fourth-order valence-corrected chi connectivity index (χ4v) is 2.74. The van der Waals surface area contributed by atoms with E-state index in [-0.39, 0.29) is 11.9 Å². The first kappa shape index (κ1) is 14.3. The summed E-state index contributed by atoms with van der Waals surface area (Å²) in [5, 5.41) is 3.23. The van der Waals surface area contributed by atoms with Crippen LogP contribution in [0.2, 0.25) is 0 Å². The molecule has 1 N–H and O–H groups in total. The van der Waals surface area contributed by atoms with Crippen molar-refractivity contribution in [3.63, 3.8) is 0 Å². The van der Waals surface area contributed by atoms with Crippen LogP contribution in [0.1, 0.15) is 45.1 Å². The van der Waals surface area contributed by atoms with Gasteiger partial charge in [0.05, 0.1) is 6.10 Å². The Morgan fingerprint density at radius 3 is 2.95 bits per heavy atom. The number of hydrogen-bond acceptors (Lipinski definition) is 2. The molecule has 1 aromatic rings. The average Bonchev–Trinajstić information content (AvgIpc) is 2.39. The number of rotatable bonds is 5. The summed E-state index contributed by atoms with van der Waals surface area (Å²) < 4.78 is 19.9. The maximum Gasteiger partial charge on any atom is 0.165 e. The minimum Gasteiger partial charge on any atom is -0.487 e. The molecule has 2 unspecified atom stereocenters. The highest BCUT2D eigenvalue weighted by atomic mass is 19.1. The van der Waals surface area contributed by atoms with E-state index < -0.39 is 0 Å². The van der Waals surface area contributed by atoms with Crippen LogP contribution in [0.5, 0.6) is 5.75 Å². The van der Waals surface area contributed by atoms with Gasteiger partial charge in [0.15, 0.2) is 11.6 Å². The van der Waals surface area contributed by atoms with Crippen molar-refractivity contribution in [2.75, 3.05) is 6.54 Å². The minimum atomic E-state index is -0.242. The monoisotopic (exact) mass is 265 g/mol. The molecule has 1 aliphatic rings. The molecule has 2 rings (SSSR count). The van der Waals surface area contributed by atoms with Crippen LogP contribution in [-0.2, 0) is 6.54 Å². The number of ether oxygens (including phenoxy) is 1. The summed E-state index contributed by atoms with van der Waals surface area (Å²) in [5.41, 5.74) is 0.917. The summed E-state index contributed by atoms with van der Waals surface area (Å²) in [6.45, 7) is 5.82. The van der Waals surface area contributed by atoms with Gasteiger partial charge in [-0.2, -0.15) is 0 Å². The highest BCUT2D eigenvalue weighted by Gasteiger charge is 2.22. The van der Waals surface area contributed by atoms with Crippen LogP contribution in [0.25, 0.3) is 0 Å². The second kappa shape index (κ2) is 6.90. The zero-order valence-corrected chi connectivity index (χ0v) is 11.9. The molecule has 0 aliphatic heterocycles. The van der Waals surface area contributed by atoms with E-state index in [4.69, 9.17) is 4.74 Å². The molecule has 2 atom stereocenters. The first-order valence-corrected chi connectivity index (χ1v) is 7.35. The Kier molecular flexibility index (Phi) is 5.20. The van der Waals surface area contributed by atoms with Gasteiger partial charge in [-0.1, -0.05) is 32.4 Å². The minimum absolute atomic E-state index is 0.168. The van der Waals surface area contributed by atoms with E-state index in [9.17, 15) is 4.39 Å². The van der Waals surface area contributed by atoms with Crippen LogP contribution in [0, 0.1) is 11.7 Å². The van der Waals surface area contributed by atoms with Gasteiger partial charge >= 0.3 is 0 Å². The summed E-state index contributed by atoms with van der Waals surface area (Å²) in [6.07, 6.45) is 4.69. The third-order valence-corrected chi connectivity index (χ3v) is 3.79. The molecule has 0 radical (unpaired) electrons. The van der Waals surface area contributed by atoms with Crippen molar-refractivity contribution in [3.05, 3.63) is 29.6 Å². The quantitative estimate of drug-likeness (QED) is 0.872. The van der Waals surface area contributed by atoms with Gasteiger partial charge in [-0.3, -0.25) is 0 Å². The standard InChI is InChI=1S/C16H24FNO/c1-3-18-11-13-7-5-9-15(17)16(13)19-14-8-4-6-12(2)10-14/h5,7,9,12,14,18H,3-4,6,8,10-11H2,1-2H3. The lowest BCUT2D eigenvalue weighted by molar-refractivity contribution is 0.122. The van der Waals surface area contributed by atoms with Gasteiger partial charge in [0.1, 0.15) is 0 Å². The maximum atomic E-state index is 14.0. The Hall–Kier alpha value is -1.09. The van der Waals surface area contributed by atoms with E-state index in [2.05, 4.69) is 12.2 Å². The molecule has 106 valence electrons. The average molecular weight is 265 g/mol. The maximum absolute atomic E-state index is 14.0. The summed E-state index contributed by atoms with van der Waals surface area (Å²) in [6, 6.07) is 5.17. The Morgan fingerprint density at radius 2 is 2.21 bits per heavy atom. The Morgan fingerprint density at radius 1 is 1.37 bits per heavy atom. The van der Waals surface area contributed by atoms with Crippen molar-refractivity contribution in [2.45, 2.75) is 52.2 Å². The van der Waals surface area contributed by atoms with Crippen LogP contribution < -0.4 is 10.1 Å². The van der Waals surface area contributed by atoms with Gasteiger partial charge in [-0.15, -0.1) is 0 Å². The number of halogens is 1. The first-order chi connectivity index (χ1) is 9.20. The fraction of sp³-hybridized carbons (Fsp3) is 0.625. The SMILES string of the molecule is CCNCc1cccc(F)c1OC1CCCC(C)C1. The lowest BCUT2D eigenvalue weighted by atomic mass is 9.88. The number of hydrogen-bond donors (Lipinski definition) is 1. The zero-order valence-electron chi connectivity index (χ0n) is 11.9. The molecule has 1 aliphatic carbocycles. The Balaban J connectivity index is 2.09. The molecule has 0 bridgehead atoms. The number of nitrogens with one attached hydrogen (secondary N) is 1. The molecule has 1 aromatic carbocycles. The zero-order chi connectivity index (χ0) is 13.7. The van der Waals surface area contributed by atoms with Crippen LogP contribution in [0.4, 0.5) is 4.39 Å². The van der Waals surface area contributed by atoms with Gasteiger partial charge in [0.25, 0.3) is 0 Å². The number of para-hydroxylation sites is 1. The van der Waals surface area contributed by atoms with Gasteiger partial charge in [0.2, 0.25) is 0 Å². The second-order valence-corrected chi connectivity index (χ2v) is 5.52. The van der Waals surface area contributed by atoms with Crippen molar-refractivity contribution >= 4 is 0 Å². The summed E-state index contributed by atoms with van der Waals surface area (Å²) in [5.74, 6) is 0.888. The van der Waals surface area contributed by atoms with E-state index in [1.807, 2.05) is 13.0 Å². The molecule has 0 aromatic heterocycles. The topological polar surface area (TPSA) is 21.3 Å². The van der Waals surface area contributed by atoms with Crippen LogP contribution in [-0.4, -0.2) is 12.6 Å². The van der Waals surface area contributed by atoms with Crippen LogP contribution >= 0.6 is 0 Å². The molecule has 19 heavy (non-hydrogen) atoms. The van der Waals surface area contributed by atoms with Crippen molar-refractivity contribution in [1.82, 2.24) is 5.32 Å². The molecule has 0 amide bonds. The van der Waals surface area contributed by atoms with E-state index in [1.54, 1.807) is 6.07 Å². The smallest absolute Gasteiger partial charge is 0.165 e. The predicted molar refractivity (Wildman–Crippen MR) is 75.8 cm³/mol. The van der Waals surface area contributed by atoms with Crippen LogP contribution in [0.3, 0.4) is 0 Å². The second-order valence-electron chi connectivity index (χ2n) is 5.52. The molecular weight excluding hydrogens is 241 g/mol. The predicted octanol–water partition coefficient (Wildman–Crippen LogP) is 3.89. The molecule has 0 spiro atoms. The van der Waals surface area contributed by atoms with Crippen molar-refractivity contribution in [2.24, 2.45) is 5.92 Å². The van der Waals surface area contributed by atoms with Gasteiger partial charge in [-0.25, -0.2) is 4.39 Å². The van der Waals surface area contributed by atoms with E-state index in [0.29, 0.717) is 18.2 Å². The molecule has 1 fully saturated rings. The Labute approximate surface area is 115 Å². The highest BCUT2D eigenvalue weighted by Crippen LogP contribution is 2.30. The third-order valence-electron chi connectivity index (χ3n) is 3.79. The largest absolute Gasteiger partial charge is 0.487 e. The lowest BCUT2D eigenvalue weighted by Crippen LogP contribution is -2.25. The highest BCUT2D eigenvalue weighted by molar-refractivity contribution is 5.35. The summed E-state index contributed by atoms with van der Waals surface area (Å²) in [7, 11) is 0. The molecule has 0 heterocycles. The summed E-state index contributed by atoms with van der Waals surface area (Å²) >= 11 is 0. The number of benzene rings is 1. The van der Waals surface area contributed by atoms with Gasteiger partial charge in [0, 0.05) is 12.1 Å². The fourth-order valence-electron chi connectivity index (χ4n) is 2.74. The molecule has 0 saturated heterocycles. The van der Waals surface area contributed by atoms with Crippen molar-refractivity contribution in [1.29, 1.82) is 0 Å². The normalized spacial score (nSPS) is 23.3. The molecular formula is C16H24FNO. The van der Waals surface area contributed by atoms with Gasteiger partial charge < -0.3 is 10.1 Å². The lowest BCUT2D eigenvalue weighted by Gasteiger charge is -2.28.